The average Bonchev–Trinajstić information content (AvgIpc) is 3.15. The number of esters is 1. The Hall–Kier alpha value is -2.03. The average molecular weight is 494 g/mol. The maximum Gasteiger partial charge on any atom is 0.324 e. The predicted molar refractivity (Wildman–Crippen MR) is 117 cm³/mol. The normalized spacial score (nSPS) is 24.0. The monoisotopic (exact) mass is 493 g/mol. The molecular formula is C22H24BrNO5S. The molecule has 4 atom stereocenters. The molecule has 1 heterocycles. The van der Waals surface area contributed by atoms with Crippen molar-refractivity contribution in [2.45, 2.75) is 36.1 Å². The van der Waals surface area contributed by atoms with Crippen LogP contribution in [0.5, 0.6) is 0 Å². The third-order valence-corrected chi connectivity index (χ3v) is 8.15. The molecule has 1 fully saturated rings. The van der Waals surface area contributed by atoms with Gasteiger partial charge in [0.25, 0.3) is 0 Å². The molecule has 0 amide bonds. The van der Waals surface area contributed by atoms with Crippen LogP contribution in [-0.4, -0.2) is 38.6 Å². The van der Waals surface area contributed by atoms with Crippen LogP contribution >= 0.6 is 15.9 Å². The van der Waals surface area contributed by atoms with Crippen LogP contribution in [0.4, 0.5) is 0 Å². The highest BCUT2D eigenvalue weighted by molar-refractivity contribution is 9.10. The molecule has 160 valence electrons. The van der Waals surface area contributed by atoms with E-state index in [1.54, 1.807) is 32.0 Å². The Balaban J connectivity index is 2.19. The fraction of sp³-hybridized carbons (Fsp3) is 0.364. The number of benzene rings is 2. The smallest absolute Gasteiger partial charge is 0.324 e. The first-order valence-electron chi connectivity index (χ1n) is 9.60. The molecule has 0 aromatic heterocycles. The van der Waals surface area contributed by atoms with E-state index in [9.17, 15) is 18.0 Å². The number of rotatable bonds is 6. The Bertz CT molecular complexity index is 1020. The van der Waals surface area contributed by atoms with Crippen LogP contribution in [0, 0.1) is 11.8 Å². The standard InChI is InChI=1S/C22H24BrNO5S/c1-13(2)20(25)17-18(14-9-11-15(23)12-10-14)24-19(22(26)29-3)21(17)30(27,28)16-7-5-4-6-8-16/h4-13,17-19,21,24H,1-3H3/t17-,18+,19+,21-/m0/s1. The summed E-state index contributed by atoms with van der Waals surface area (Å²) in [6.07, 6.45) is 0. The van der Waals surface area contributed by atoms with Crippen molar-refractivity contribution in [2.75, 3.05) is 7.11 Å². The highest BCUT2D eigenvalue weighted by atomic mass is 79.9. The molecule has 1 aliphatic rings. The third kappa shape index (κ3) is 4.22. The van der Waals surface area contributed by atoms with Crippen LogP contribution in [0.25, 0.3) is 0 Å². The number of methoxy groups -OCH3 is 1. The van der Waals surface area contributed by atoms with Crippen LogP contribution in [0.3, 0.4) is 0 Å². The van der Waals surface area contributed by atoms with E-state index < -0.39 is 45.0 Å². The van der Waals surface area contributed by atoms with Gasteiger partial charge in [0, 0.05) is 16.4 Å². The molecule has 0 unspecified atom stereocenters. The minimum atomic E-state index is -4.01. The Morgan fingerprint density at radius 1 is 1.03 bits per heavy atom. The third-order valence-electron chi connectivity index (χ3n) is 5.41. The van der Waals surface area contributed by atoms with Crippen molar-refractivity contribution >= 4 is 37.5 Å². The summed E-state index contributed by atoms with van der Waals surface area (Å²) in [5.41, 5.74) is 0.733. The summed E-state index contributed by atoms with van der Waals surface area (Å²) >= 11 is 3.38. The van der Waals surface area contributed by atoms with E-state index >= 15 is 0 Å². The van der Waals surface area contributed by atoms with E-state index in [-0.39, 0.29) is 10.7 Å². The van der Waals surface area contributed by atoms with E-state index in [4.69, 9.17) is 4.74 Å². The van der Waals surface area contributed by atoms with Gasteiger partial charge >= 0.3 is 5.97 Å². The molecule has 2 aromatic carbocycles. The fourth-order valence-corrected chi connectivity index (χ4v) is 6.28. The zero-order chi connectivity index (χ0) is 22.1. The Morgan fingerprint density at radius 3 is 2.17 bits per heavy atom. The molecule has 1 saturated heterocycles. The van der Waals surface area contributed by atoms with Gasteiger partial charge in [-0.05, 0) is 29.8 Å². The van der Waals surface area contributed by atoms with Crippen molar-refractivity contribution in [2.24, 2.45) is 11.8 Å². The van der Waals surface area contributed by atoms with Crippen molar-refractivity contribution < 1.29 is 22.7 Å². The zero-order valence-electron chi connectivity index (χ0n) is 16.9. The second-order valence-corrected chi connectivity index (χ2v) is 10.6. The Labute approximate surface area is 185 Å². The number of hydrogen-bond donors (Lipinski definition) is 1. The van der Waals surface area contributed by atoms with Crippen molar-refractivity contribution in [3.05, 3.63) is 64.6 Å². The number of ketones is 1. The molecule has 0 aliphatic carbocycles. The summed E-state index contributed by atoms with van der Waals surface area (Å²) in [7, 11) is -2.80. The van der Waals surface area contributed by atoms with Gasteiger partial charge in [-0.1, -0.05) is 60.1 Å². The maximum absolute atomic E-state index is 13.6. The number of ether oxygens (including phenoxy) is 1. The first-order chi connectivity index (χ1) is 14.2. The molecule has 30 heavy (non-hydrogen) atoms. The van der Waals surface area contributed by atoms with Crippen LogP contribution in [0.15, 0.2) is 64.0 Å². The number of Topliss-reactive ketones (excluding diaryl/α,β-unsaturated/α-hetero) is 1. The van der Waals surface area contributed by atoms with Gasteiger partial charge in [0.1, 0.15) is 17.1 Å². The van der Waals surface area contributed by atoms with Gasteiger partial charge in [-0.2, -0.15) is 0 Å². The van der Waals surface area contributed by atoms with Gasteiger partial charge in [-0.25, -0.2) is 8.42 Å². The molecule has 0 radical (unpaired) electrons. The van der Waals surface area contributed by atoms with Gasteiger partial charge in [-0.3, -0.25) is 14.9 Å². The van der Waals surface area contributed by atoms with Gasteiger partial charge in [0.15, 0.2) is 9.84 Å². The summed E-state index contributed by atoms with van der Waals surface area (Å²) < 4.78 is 33.0. The molecule has 0 saturated carbocycles. The highest BCUT2D eigenvalue weighted by Crippen LogP contribution is 2.41. The second-order valence-electron chi connectivity index (χ2n) is 7.60. The largest absolute Gasteiger partial charge is 0.468 e. The highest BCUT2D eigenvalue weighted by Gasteiger charge is 2.56. The summed E-state index contributed by atoms with van der Waals surface area (Å²) in [6, 6.07) is 13.4. The number of halogens is 1. The number of carbonyl (C=O) groups is 2. The molecule has 0 spiro atoms. The van der Waals surface area contributed by atoms with Gasteiger partial charge in [0.2, 0.25) is 0 Å². The molecule has 8 heteroatoms. The van der Waals surface area contributed by atoms with Crippen LogP contribution in [0.1, 0.15) is 25.5 Å². The molecule has 6 nitrogen and oxygen atoms in total. The predicted octanol–water partition coefficient (Wildman–Crippen LogP) is 3.32. The number of sulfone groups is 1. The first-order valence-corrected chi connectivity index (χ1v) is 11.9. The second kappa shape index (κ2) is 8.99. The van der Waals surface area contributed by atoms with Crippen LogP contribution in [0.2, 0.25) is 0 Å². The van der Waals surface area contributed by atoms with Crippen LogP contribution in [-0.2, 0) is 24.2 Å². The quantitative estimate of drug-likeness (QED) is 0.620. The maximum atomic E-state index is 13.6. The van der Waals surface area contributed by atoms with E-state index in [0.717, 1.165) is 10.0 Å². The van der Waals surface area contributed by atoms with Crippen molar-refractivity contribution in [1.29, 1.82) is 0 Å². The number of nitrogens with one attached hydrogen (secondary N) is 1. The summed E-state index contributed by atoms with van der Waals surface area (Å²) in [5, 5.41) is 1.82. The van der Waals surface area contributed by atoms with Crippen molar-refractivity contribution in [3.63, 3.8) is 0 Å². The Kier molecular flexibility index (Phi) is 6.79. The zero-order valence-corrected chi connectivity index (χ0v) is 19.3. The molecule has 1 N–H and O–H groups in total. The summed E-state index contributed by atoms with van der Waals surface area (Å²) in [5.74, 6) is -2.27. The lowest BCUT2D eigenvalue weighted by molar-refractivity contribution is -0.142. The molecule has 2 aromatic rings. The Morgan fingerprint density at radius 2 is 1.63 bits per heavy atom. The number of carbonyl (C=O) groups excluding carboxylic acids is 2. The van der Waals surface area contributed by atoms with Crippen LogP contribution < -0.4 is 5.32 Å². The molecular weight excluding hydrogens is 470 g/mol. The van der Waals surface area contributed by atoms with E-state index in [1.807, 2.05) is 24.3 Å². The molecule has 0 bridgehead atoms. The van der Waals surface area contributed by atoms with E-state index in [1.165, 1.54) is 19.2 Å². The van der Waals surface area contributed by atoms with Crippen molar-refractivity contribution in [3.8, 4) is 0 Å². The minimum Gasteiger partial charge on any atom is -0.468 e. The van der Waals surface area contributed by atoms with Gasteiger partial charge in [0.05, 0.1) is 17.9 Å². The van der Waals surface area contributed by atoms with Gasteiger partial charge < -0.3 is 4.74 Å². The van der Waals surface area contributed by atoms with E-state index in [0.29, 0.717) is 0 Å². The lowest BCUT2D eigenvalue weighted by Gasteiger charge is -2.25. The summed E-state index contributed by atoms with van der Waals surface area (Å²) in [4.78, 5) is 26.0. The van der Waals surface area contributed by atoms with Crippen molar-refractivity contribution in [1.82, 2.24) is 5.32 Å². The lowest BCUT2D eigenvalue weighted by atomic mass is 9.85. The summed E-state index contributed by atoms with van der Waals surface area (Å²) in [6.45, 7) is 3.47. The minimum absolute atomic E-state index is 0.0729. The van der Waals surface area contributed by atoms with Gasteiger partial charge in [-0.15, -0.1) is 0 Å². The molecule has 1 aliphatic heterocycles. The lowest BCUT2D eigenvalue weighted by Crippen LogP contribution is -2.46. The SMILES string of the molecule is COC(=O)[C@@H]1N[C@H](c2ccc(Br)cc2)[C@@H](C(=O)C(C)C)[C@@H]1S(=O)(=O)c1ccccc1. The molecule has 3 rings (SSSR count). The first kappa shape index (κ1) is 22.7. The topological polar surface area (TPSA) is 89.5 Å². The fourth-order valence-electron chi connectivity index (χ4n) is 3.94. The van der Waals surface area contributed by atoms with E-state index in [2.05, 4.69) is 21.2 Å². The number of hydrogen-bond acceptors (Lipinski definition) is 6.